The van der Waals surface area contributed by atoms with E-state index in [1.165, 1.54) is 6.33 Å². The Hall–Kier alpha value is -2.00. The number of sulfonamides is 1. The van der Waals surface area contributed by atoms with Crippen LogP contribution in [-0.4, -0.2) is 69.6 Å². The van der Waals surface area contributed by atoms with E-state index in [0.29, 0.717) is 50.2 Å². The van der Waals surface area contributed by atoms with Gasteiger partial charge in [-0.15, -0.1) is 0 Å². The van der Waals surface area contributed by atoms with Gasteiger partial charge in [0.25, 0.3) is 5.91 Å². The minimum atomic E-state index is -3.25. The zero-order valence-electron chi connectivity index (χ0n) is 14.6. The van der Waals surface area contributed by atoms with Crippen molar-refractivity contribution < 1.29 is 13.2 Å². The van der Waals surface area contributed by atoms with Crippen LogP contribution in [0.3, 0.4) is 0 Å². The fraction of sp³-hybridized carbons (Fsp3) is 0.588. The number of fused-ring (bicyclic) bond motifs is 1. The van der Waals surface area contributed by atoms with Crippen LogP contribution in [-0.2, 0) is 10.0 Å². The van der Waals surface area contributed by atoms with Gasteiger partial charge in [-0.05, 0) is 37.8 Å². The summed E-state index contributed by atoms with van der Waals surface area (Å²) in [6, 6.07) is 3.50. The molecule has 0 aromatic carbocycles. The quantitative estimate of drug-likeness (QED) is 0.801. The van der Waals surface area contributed by atoms with Crippen LogP contribution in [0, 0.1) is 0 Å². The van der Waals surface area contributed by atoms with Crippen molar-refractivity contribution in [2.45, 2.75) is 37.4 Å². The van der Waals surface area contributed by atoms with Gasteiger partial charge in [0.1, 0.15) is 6.33 Å². The summed E-state index contributed by atoms with van der Waals surface area (Å²) in [4.78, 5) is 18.5. The maximum absolute atomic E-state index is 12.8. The van der Waals surface area contributed by atoms with Gasteiger partial charge < -0.3 is 4.90 Å². The van der Waals surface area contributed by atoms with E-state index in [4.69, 9.17) is 0 Å². The van der Waals surface area contributed by atoms with E-state index in [1.54, 1.807) is 32.1 Å². The molecular formula is C17H23N5O3S. The van der Waals surface area contributed by atoms with Crippen molar-refractivity contribution >= 4 is 21.6 Å². The monoisotopic (exact) mass is 377 g/mol. The number of likely N-dealkylation sites (tertiary alicyclic amines) is 1. The molecule has 1 amide bonds. The predicted octanol–water partition coefficient (Wildman–Crippen LogP) is 1.15. The molecule has 0 aliphatic carbocycles. The van der Waals surface area contributed by atoms with Crippen LogP contribution in [0.5, 0.6) is 0 Å². The molecule has 2 aliphatic rings. The summed E-state index contributed by atoms with van der Waals surface area (Å²) < 4.78 is 28.8. The summed E-state index contributed by atoms with van der Waals surface area (Å²) in [5, 5.41) is 3.68. The Labute approximate surface area is 152 Å². The first-order chi connectivity index (χ1) is 12.6. The fourth-order valence-electron chi connectivity index (χ4n) is 3.81. The lowest BCUT2D eigenvalue weighted by atomic mass is 10.1. The number of nitrogens with zero attached hydrogens (tertiary/aromatic N) is 5. The van der Waals surface area contributed by atoms with E-state index in [0.717, 1.165) is 19.3 Å². The van der Waals surface area contributed by atoms with Crippen LogP contribution in [0.25, 0.3) is 5.65 Å². The van der Waals surface area contributed by atoms with E-state index < -0.39 is 10.0 Å². The minimum absolute atomic E-state index is 0.0868. The van der Waals surface area contributed by atoms with Crippen molar-refractivity contribution in [3.05, 3.63) is 30.2 Å². The molecule has 0 saturated carbocycles. The highest BCUT2D eigenvalue weighted by atomic mass is 32.2. The number of pyridine rings is 1. The topological polar surface area (TPSA) is 87.9 Å². The third-order valence-electron chi connectivity index (χ3n) is 5.35. The SMILES string of the molecule is O=C(c1ccc2ncnn2c1)N1CCC(S(=O)(=O)N2CCCCC2)CC1. The second kappa shape index (κ2) is 6.96. The number of hydrogen-bond donors (Lipinski definition) is 0. The third kappa shape index (κ3) is 3.21. The molecule has 2 saturated heterocycles. The molecular weight excluding hydrogens is 354 g/mol. The zero-order chi connectivity index (χ0) is 18.1. The fourth-order valence-corrected chi connectivity index (χ4v) is 5.81. The van der Waals surface area contributed by atoms with E-state index in [1.807, 2.05) is 0 Å². The highest BCUT2D eigenvalue weighted by Crippen LogP contribution is 2.24. The highest BCUT2D eigenvalue weighted by Gasteiger charge is 2.36. The zero-order valence-corrected chi connectivity index (χ0v) is 15.4. The highest BCUT2D eigenvalue weighted by molar-refractivity contribution is 7.89. The molecule has 2 aromatic heterocycles. The van der Waals surface area contributed by atoms with Gasteiger partial charge in [-0.3, -0.25) is 4.79 Å². The van der Waals surface area contributed by atoms with E-state index in [-0.39, 0.29) is 11.2 Å². The van der Waals surface area contributed by atoms with Crippen LogP contribution >= 0.6 is 0 Å². The number of amides is 1. The van der Waals surface area contributed by atoms with E-state index in [2.05, 4.69) is 10.1 Å². The number of rotatable bonds is 3. The Morgan fingerprint density at radius 2 is 1.77 bits per heavy atom. The summed E-state index contributed by atoms with van der Waals surface area (Å²) in [6.07, 6.45) is 7.10. The smallest absolute Gasteiger partial charge is 0.255 e. The molecule has 2 aliphatic heterocycles. The summed E-state index contributed by atoms with van der Waals surface area (Å²) in [7, 11) is -3.25. The van der Waals surface area contributed by atoms with Crippen LogP contribution in [0.2, 0.25) is 0 Å². The lowest BCUT2D eigenvalue weighted by Crippen LogP contribution is -2.48. The molecule has 8 nitrogen and oxygen atoms in total. The first-order valence-corrected chi connectivity index (χ1v) is 10.6. The maximum Gasteiger partial charge on any atom is 0.255 e. The molecule has 0 bridgehead atoms. The van der Waals surface area contributed by atoms with Gasteiger partial charge in [-0.2, -0.15) is 5.10 Å². The van der Waals surface area contributed by atoms with Crippen molar-refractivity contribution in [1.82, 2.24) is 23.8 Å². The molecule has 26 heavy (non-hydrogen) atoms. The number of piperidine rings is 2. The Morgan fingerprint density at radius 3 is 2.50 bits per heavy atom. The van der Waals surface area contributed by atoms with E-state index in [9.17, 15) is 13.2 Å². The van der Waals surface area contributed by atoms with Gasteiger partial charge >= 0.3 is 0 Å². The lowest BCUT2D eigenvalue weighted by Gasteiger charge is -2.35. The molecule has 4 rings (SSSR count). The Kier molecular flexibility index (Phi) is 4.66. The van der Waals surface area contributed by atoms with Crippen molar-refractivity contribution in [2.24, 2.45) is 0 Å². The number of aromatic nitrogens is 3. The Bertz CT molecular complexity index is 896. The van der Waals surface area contributed by atoms with Gasteiger partial charge in [0, 0.05) is 32.4 Å². The van der Waals surface area contributed by atoms with Crippen LogP contribution in [0.1, 0.15) is 42.5 Å². The Balaban J connectivity index is 1.41. The third-order valence-corrected chi connectivity index (χ3v) is 7.75. The molecule has 0 radical (unpaired) electrons. The molecule has 9 heteroatoms. The molecule has 2 aromatic rings. The van der Waals surface area contributed by atoms with Crippen LogP contribution in [0.4, 0.5) is 0 Å². The maximum atomic E-state index is 12.8. The Morgan fingerprint density at radius 1 is 1.04 bits per heavy atom. The molecule has 2 fully saturated rings. The van der Waals surface area contributed by atoms with E-state index >= 15 is 0 Å². The number of carbonyl (C=O) groups is 1. The second-order valence-corrected chi connectivity index (χ2v) is 9.19. The van der Waals surface area contributed by atoms with Crippen molar-refractivity contribution in [3.63, 3.8) is 0 Å². The van der Waals surface area contributed by atoms with Crippen molar-refractivity contribution in [2.75, 3.05) is 26.2 Å². The molecule has 0 N–H and O–H groups in total. The lowest BCUT2D eigenvalue weighted by molar-refractivity contribution is 0.0724. The second-order valence-electron chi connectivity index (χ2n) is 6.98. The summed E-state index contributed by atoms with van der Waals surface area (Å²) in [5.74, 6) is -0.0868. The van der Waals surface area contributed by atoms with Crippen LogP contribution < -0.4 is 0 Å². The summed E-state index contributed by atoms with van der Waals surface area (Å²) >= 11 is 0. The largest absolute Gasteiger partial charge is 0.339 e. The van der Waals surface area contributed by atoms with Crippen molar-refractivity contribution in [3.8, 4) is 0 Å². The molecule has 0 atom stereocenters. The molecule has 0 unspecified atom stereocenters. The van der Waals surface area contributed by atoms with Gasteiger partial charge in [0.2, 0.25) is 10.0 Å². The predicted molar refractivity (Wildman–Crippen MR) is 96.3 cm³/mol. The first-order valence-electron chi connectivity index (χ1n) is 9.13. The normalized spacial score (nSPS) is 20.5. The minimum Gasteiger partial charge on any atom is -0.339 e. The summed E-state index contributed by atoms with van der Waals surface area (Å²) in [6.45, 7) is 2.21. The molecule has 0 spiro atoms. The van der Waals surface area contributed by atoms with Gasteiger partial charge in [0.15, 0.2) is 5.65 Å². The number of hydrogen-bond acceptors (Lipinski definition) is 5. The summed E-state index contributed by atoms with van der Waals surface area (Å²) in [5.41, 5.74) is 1.23. The first kappa shape index (κ1) is 17.4. The van der Waals surface area contributed by atoms with Gasteiger partial charge in [0.05, 0.1) is 10.8 Å². The molecule has 4 heterocycles. The van der Waals surface area contributed by atoms with Gasteiger partial charge in [-0.25, -0.2) is 22.2 Å². The number of carbonyl (C=O) groups excluding carboxylic acids is 1. The van der Waals surface area contributed by atoms with Crippen LogP contribution in [0.15, 0.2) is 24.7 Å². The average molecular weight is 377 g/mol. The van der Waals surface area contributed by atoms with Crippen molar-refractivity contribution in [1.29, 1.82) is 0 Å². The molecule has 140 valence electrons. The van der Waals surface area contributed by atoms with Gasteiger partial charge in [-0.1, -0.05) is 6.42 Å². The standard InChI is InChI=1S/C17H23N5O3S/c23-17(14-4-5-16-18-13-19-22(16)12-14)20-10-6-15(7-11-20)26(24,25)21-8-2-1-3-9-21/h4-5,12-13,15H,1-3,6-11H2. The average Bonchev–Trinajstić information content (AvgIpc) is 3.16.